The molecular weight excluding hydrogens is 494 g/mol. The van der Waals surface area contributed by atoms with Crippen molar-refractivity contribution < 1.29 is 14.7 Å². The van der Waals surface area contributed by atoms with E-state index in [0.717, 1.165) is 48.8 Å². The van der Waals surface area contributed by atoms with Crippen LogP contribution in [0.1, 0.15) is 33.6 Å². The Labute approximate surface area is 226 Å². The molecule has 6 rings (SSSR count). The van der Waals surface area contributed by atoms with Gasteiger partial charge in [0.25, 0.3) is 0 Å². The van der Waals surface area contributed by atoms with Gasteiger partial charge in [-0.15, -0.1) is 0 Å². The Bertz CT molecular complexity index is 1600. The number of nitrogens with zero attached hydrogens (tertiary/aromatic N) is 3. The van der Waals surface area contributed by atoms with E-state index in [-0.39, 0.29) is 23.0 Å². The number of thioether (sulfide) groups is 1. The fourth-order valence-corrected chi connectivity index (χ4v) is 7.04. The number of aliphatic hydroxyl groups is 1. The number of allylic oxidation sites excluding steroid dienone is 7. The van der Waals surface area contributed by atoms with Crippen molar-refractivity contribution in [2.75, 3.05) is 24.5 Å². The SMILES string of the molecule is CCN(CC)C1=CC(=NC(C)=O)/C(=C2/C(=O)C(C3=C4Sc5ccc6ccccc6c5N4CCC3)=C2O)C=C1. The van der Waals surface area contributed by atoms with E-state index in [1.807, 2.05) is 18.2 Å². The fraction of sp³-hybridized carbons (Fsp3) is 0.258. The van der Waals surface area contributed by atoms with E-state index in [9.17, 15) is 14.7 Å². The number of rotatable bonds is 4. The molecule has 0 saturated heterocycles. The van der Waals surface area contributed by atoms with Crippen LogP contribution in [0.5, 0.6) is 0 Å². The van der Waals surface area contributed by atoms with Crippen LogP contribution in [-0.4, -0.2) is 47.0 Å². The number of fused-ring (bicyclic) bond motifs is 5. The van der Waals surface area contributed by atoms with Crippen molar-refractivity contribution in [1.82, 2.24) is 4.90 Å². The van der Waals surface area contributed by atoms with Gasteiger partial charge in [-0.05, 0) is 61.9 Å². The van der Waals surface area contributed by atoms with Gasteiger partial charge in [-0.2, -0.15) is 0 Å². The van der Waals surface area contributed by atoms with E-state index >= 15 is 0 Å². The summed E-state index contributed by atoms with van der Waals surface area (Å²) in [4.78, 5) is 35.4. The zero-order valence-corrected chi connectivity index (χ0v) is 22.6. The minimum atomic E-state index is -0.348. The number of likely N-dealkylation sites (N-methyl/N-ethyl adjacent to an activating group) is 1. The molecule has 2 aromatic rings. The Kier molecular flexibility index (Phi) is 6.11. The van der Waals surface area contributed by atoms with Crippen molar-refractivity contribution in [2.45, 2.75) is 38.5 Å². The summed E-state index contributed by atoms with van der Waals surface area (Å²) in [5.41, 5.74) is 4.55. The maximum absolute atomic E-state index is 13.7. The summed E-state index contributed by atoms with van der Waals surface area (Å²) in [6.45, 7) is 8.01. The summed E-state index contributed by atoms with van der Waals surface area (Å²) in [6.07, 6.45) is 7.17. The Hall–Kier alpha value is -3.84. The minimum Gasteiger partial charge on any atom is -0.506 e. The molecule has 0 radical (unpaired) electrons. The number of Topliss-reactive ketones (excluding diaryl/α,β-unsaturated/α-hetero) is 1. The number of anilines is 1. The third kappa shape index (κ3) is 3.76. The van der Waals surface area contributed by atoms with E-state index in [1.165, 1.54) is 28.3 Å². The van der Waals surface area contributed by atoms with Crippen molar-refractivity contribution >= 4 is 45.6 Å². The Morgan fingerprint density at radius 3 is 2.63 bits per heavy atom. The average Bonchev–Trinajstić information content (AvgIpc) is 3.31. The van der Waals surface area contributed by atoms with E-state index < -0.39 is 0 Å². The second kappa shape index (κ2) is 9.48. The molecule has 0 atom stereocenters. The number of carbonyl (C=O) groups is 2. The normalized spacial score (nSPS) is 21.7. The highest BCUT2D eigenvalue weighted by molar-refractivity contribution is 8.03. The van der Waals surface area contributed by atoms with Crippen LogP contribution in [0, 0.1) is 0 Å². The van der Waals surface area contributed by atoms with Crippen LogP contribution in [0.2, 0.25) is 0 Å². The van der Waals surface area contributed by atoms with E-state index in [4.69, 9.17) is 0 Å². The van der Waals surface area contributed by atoms with Crippen LogP contribution < -0.4 is 4.90 Å². The molecule has 0 unspecified atom stereocenters. The van der Waals surface area contributed by atoms with Crippen LogP contribution in [0.25, 0.3) is 10.8 Å². The number of benzene rings is 2. The lowest BCUT2D eigenvalue weighted by Gasteiger charge is -2.33. The molecule has 0 aromatic heterocycles. The van der Waals surface area contributed by atoms with Gasteiger partial charge in [-0.1, -0.05) is 42.1 Å². The zero-order valence-electron chi connectivity index (χ0n) is 21.7. The second-order valence-corrected chi connectivity index (χ2v) is 10.7. The molecule has 0 spiro atoms. The summed E-state index contributed by atoms with van der Waals surface area (Å²) < 4.78 is 0. The number of aliphatic imine (C=N–C) groups is 1. The summed E-state index contributed by atoms with van der Waals surface area (Å²) >= 11 is 1.67. The molecule has 1 amide bonds. The van der Waals surface area contributed by atoms with Gasteiger partial charge in [0.1, 0.15) is 5.76 Å². The van der Waals surface area contributed by atoms with Gasteiger partial charge in [0.2, 0.25) is 11.7 Å². The van der Waals surface area contributed by atoms with E-state index in [0.29, 0.717) is 16.9 Å². The summed E-state index contributed by atoms with van der Waals surface area (Å²) in [7, 11) is 0. The number of hydrogen-bond donors (Lipinski definition) is 1. The molecule has 6 nitrogen and oxygen atoms in total. The lowest BCUT2D eigenvalue weighted by atomic mass is 9.77. The van der Waals surface area contributed by atoms with Gasteiger partial charge in [-0.25, -0.2) is 4.99 Å². The Balaban J connectivity index is 1.44. The second-order valence-electron chi connectivity index (χ2n) is 9.71. The summed E-state index contributed by atoms with van der Waals surface area (Å²) in [5.74, 6) is -0.542. The molecule has 2 aromatic carbocycles. The van der Waals surface area contributed by atoms with Gasteiger partial charge in [-0.3, -0.25) is 9.59 Å². The third-order valence-electron chi connectivity index (χ3n) is 7.54. The van der Waals surface area contributed by atoms with Crippen LogP contribution in [0.15, 0.2) is 103 Å². The molecular formula is C31H29N3O3S. The van der Waals surface area contributed by atoms with E-state index in [1.54, 1.807) is 17.8 Å². The van der Waals surface area contributed by atoms with Crippen molar-refractivity contribution in [3.63, 3.8) is 0 Å². The number of aliphatic hydroxyl groups excluding tert-OH is 1. The number of amides is 1. The van der Waals surface area contributed by atoms with Crippen LogP contribution in [-0.2, 0) is 9.59 Å². The predicted octanol–water partition coefficient (Wildman–Crippen LogP) is 6.23. The van der Waals surface area contributed by atoms with Crippen molar-refractivity contribution in [1.29, 1.82) is 0 Å². The largest absolute Gasteiger partial charge is 0.506 e. The predicted molar refractivity (Wildman–Crippen MR) is 153 cm³/mol. The van der Waals surface area contributed by atoms with Gasteiger partial charge >= 0.3 is 0 Å². The van der Waals surface area contributed by atoms with Crippen molar-refractivity contribution in [3.8, 4) is 0 Å². The van der Waals surface area contributed by atoms with Crippen LogP contribution >= 0.6 is 11.8 Å². The van der Waals surface area contributed by atoms with Crippen molar-refractivity contribution in [2.24, 2.45) is 4.99 Å². The average molecular weight is 524 g/mol. The van der Waals surface area contributed by atoms with Crippen LogP contribution in [0.4, 0.5) is 5.69 Å². The first-order valence-electron chi connectivity index (χ1n) is 13.1. The van der Waals surface area contributed by atoms with Crippen molar-refractivity contribution in [3.05, 3.63) is 93.4 Å². The molecule has 2 aliphatic heterocycles. The monoisotopic (exact) mass is 523 g/mol. The number of hydrogen-bond acceptors (Lipinski definition) is 6. The van der Waals surface area contributed by atoms with Gasteiger partial charge in [0.15, 0.2) is 0 Å². The summed E-state index contributed by atoms with van der Waals surface area (Å²) in [5, 5.41) is 14.7. The highest BCUT2D eigenvalue weighted by Crippen LogP contribution is 2.54. The molecule has 0 saturated carbocycles. The lowest BCUT2D eigenvalue weighted by Crippen LogP contribution is -2.32. The highest BCUT2D eigenvalue weighted by atomic mass is 32.2. The lowest BCUT2D eigenvalue weighted by molar-refractivity contribution is -0.116. The molecule has 1 N–H and O–H groups in total. The standard InChI is InChI=1S/C31H29N3O3S/c1-4-33(5-2)20-13-14-22(24(17-20)32-18(3)35)26-29(36)27(30(26)37)23-11-8-16-34-28-21-10-7-6-9-19(21)12-15-25(28)38-31(23)34/h6-7,9-10,12-15,17,36H,4-5,8,11,16H2,1-3H3/b26-22+,32-24?. The molecule has 2 aliphatic carbocycles. The zero-order chi connectivity index (χ0) is 26.6. The van der Waals surface area contributed by atoms with E-state index in [2.05, 4.69) is 59.0 Å². The topological polar surface area (TPSA) is 73.2 Å². The highest BCUT2D eigenvalue weighted by Gasteiger charge is 2.43. The first-order chi connectivity index (χ1) is 18.4. The molecule has 7 heteroatoms. The van der Waals surface area contributed by atoms with Gasteiger partial charge < -0.3 is 14.9 Å². The molecule has 38 heavy (non-hydrogen) atoms. The first kappa shape index (κ1) is 24.5. The first-order valence-corrected chi connectivity index (χ1v) is 13.9. The molecule has 2 heterocycles. The quantitative estimate of drug-likeness (QED) is 0.479. The smallest absolute Gasteiger partial charge is 0.243 e. The fourth-order valence-electron chi connectivity index (χ4n) is 5.76. The number of carbonyl (C=O) groups excluding carboxylic acids is 2. The molecule has 192 valence electrons. The maximum Gasteiger partial charge on any atom is 0.243 e. The Morgan fingerprint density at radius 1 is 1.11 bits per heavy atom. The molecule has 0 bridgehead atoms. The maximum atomic E-state index is 13.7. The summed E-state index contributed by atoms with van der Waals surface area (Å²) in [6, 6.07) is 12.6. The van der Waals surface area contributed by atoms with Gasteiger partial charge in [0.05, 0.1) is 27.6 Å². The number of ketones is 1. The molecule has 4 aliphatic rings. The Morgan fingerprint density at radius 2 is 1.89 bits per heavy atom. The van der Waals surface area contributed by atoms with Gasteiger partial charge in [0, 0.05) is 48.1 Å². The third-order valence-corrected chi connectivity index (χ3v) is 8.75. The molecule has 0 fully saturated rings. The minimum absolute atomic E-state index is 0.00337. The van der Waals surface area contributed by atoms with Crippen LogP contribution in [0.3, 0.4) is 0 Å².